The fourth-order valence-electron chi connectivity index (χ4n) is 1.38. The Morgan fingerprint density at radius 1 is 1.50 bits per heavy atom. The van der Waals surface area contributed by atoms with Crippen LogP contribution in [0.2, 0.25) is 0 Å². The zero-order chi connectivity index (χ0) is 12.1. The Morgan fingerprint density at radius 3 is 2.75 bits per heavy atom. The summed E-state index contributed by atoms with van der Waals surface area (Å²) in [5.41, 5.74) is 1.68. The number of hydrogen-bond acceptors (Lipinski definition) is 4. The highest BCUT2D eigenvalue weighted by molar-refractivity contribution is 7.14. The van der Waals surface area contributed by atoms with Gasteiger partial charge in [-0.2, -0.15) is 0 Å². The van der Waals surface area contributed by atoms with Gasteiger partial charge >= 0.3 is 5.97 Å². The van der Waals surface area contributed by atoms with Gasteiger partial charge in [-0.05, 0) is 25.7 Å². The fraction of sp³-hybridized carbons (Fsp3) is 0.636. The number of carboxylic acid groups (broad SMARTS) is 1. The summed E-state index contributed by atoms with van der Waals surface area (Å²) < 4.78 is 0. The van der Waals surface area contributed by atoms with Crippen molar-refractivity contribution in [2.75, 3.05) is 5.32 Å². The van der Waals surface area contributed by atoms with Crippen LogP contribution in [-0.2, 0) is 0 Å². The lowest BCUT2D eigenvalue weighted by molar-refractivity contribution is 0.0692. The monoisotopic (exact) mass is 242 g/mol. The average molecular weight is 242 g/mol. The maximum Gasteiger partial charge on any atom is 0.357 e. The van der Waals surface area contributed by atoms with E-state index in [-0.39, 0.29) is 11.7 Å². The first-order valence-corrected chi connectivity index (χ1v) is 6.32. The lowest BCUT2D eigenvalue weighted by Crippen LogP contribution is -2.17. The first-order chi connectivity index (χ1) is 7.50. The molecule has 0 aliphatic carbocycles. The standard InChI is InChI=1S/C11H18N2O2S/c1-7(2)4-5-8(3)13-10-9(11(14)15)12-6-16-10/h6-8,13H,4-5H2,1-3H3,(H,14,15). The summed E-state index contributed by atoms with van der Waals surface area (Å²) in [5.74, 6) is -0.301. The second kappa shape index (κ2) is 5.84. The van der Waals surface area contributed by atoms with Crippen LogP contribution < -0.4 is 5.32 Å². The van der Waals surface area contributed by atoms with Gasteiger partial charge in [-0.3, -0.25) is 0 Å². The van der Waals surface area contributed by atoms with Crippen molar-refractivity contribution in [1.82, 2.24) is 4.98 Å². The zero-order valence-electron chi connectivity index (χ0n) is 9.86. The molecule has 0 aliphatic heterocycles. The number of carbonyl (C=O) groups is 1. The minimum Gasteiger partial charge on any atom is -0.476 e. The first kappa shape index (κ1) is 13.0. The Labute approximate surface area is 99.7 Å². The maximum absolute atomic E-state index is 10.8. The highest BCUT2D eigenvalue weighted by atomic mass is 32.1. The van der Waals surface area contributed by atoms with E-state index in [2.05, 4.69) is 31.1 Å². The van der Waals surface area contributed by atoms with Crippen molar-refractivity contribution in [3.8, 4) is 0 Å². The second-order valence-electron chi connectivity index (χ2n) is 4.35. The lowest BCUT2D eigenvalue weighted by atomic mass is 10.0. The summed E-state index contributed by atoms with van der Waals surface area (Å²) in [4.78, 5) is 14.7. The molecule has 0 saturated carbocycles. The zero-order valence-corrected chi connectivity index (χ0v) is 10.7. The van der Waals surface area contributed by atoms with Crippen LogP contribution in [0, 0.1) is 5.92 Å². The van der Waals surface area contributed by atoms with Crippen molar-refractivity contribution in [2.24, 2.45) is 5.92 Å². The van der Waals surface area contributed by atoms with Gasteiger partial charge in [0.25, 0.3) is 0 Å². The average Bonchev–Trinajstić information content (AvgIpc) is 2.62. The lowest BCUT2D eigenvalue weighted by Gasteiger charge is -2.15. The molecule has 0 saturated heterocycles. The number of aromatic nitrogens is 1. The van der Waals surface area contributed by atoms with E-state index < -0.39 is 5.97 Å². The summed E-state index contributed by atoms with van der Waals surface area (Å²) in [6.07, 6.45) is 2.17. The molecule has 1 unspecified atom stereocenters. The van der Waals surface area contributed by atoms with E-state index in [0.29, 0.717) is 10.9 Å². The predicted octanol–water partition coefficient (Wildman–Crippen LogP) is 3.08. The van der Waals surface area contributed by atoms with Gasteiger partial charge in [0, 0.05) is 6.04 Å². The van der Waals surface area contributed by atoms with Crippen LogP contribution in [0.3, 0.4) is 0 Å². The Balaban J connectivity index is 2.52. The van der Waals surface area contributed by atoms with Crippen LogP contribution in [0.5, 0.6) is 0 Å². The van der Waals surface area contributed by atoms with Gasteiger partial charge < -0.3 is 10.4 Å². The number of hydrogen-bond donors (Lipinski definition) is 2. The minimum atomic E-state index is -0.972. The number of anilines is 1. The van der Waals surface area contributed by atoms with Crippen molar-refractivity contribution in [3.05, 3.63) is 11.2 Å². The fourth-order valence-corrected chi connectivity index (χ4v) is 2.16. The van der Waals surface area contributed by atoms with E-state index in [0.717, 1.165) is 12.8 Å². The summed E-state index contributed by atoms with van der Waals surface area (Å²) in [6, 6.07) is 0.279. The first-order valence-electron chi connectivity index (χ1n) is 5.44. The molecule has 4 nitrogen and oxygen atoms in total. The Hall–Kier alpha value is -1.10. The van der Waals surface area contributed by atoms with E-state index in [9.17, 15) is 4.79 Å². The molecule has 0 fully saturated rings. The summed E-state index contributed by atoms with van der Waals surface area (Å²) in [5, 5.41) is 12.7. The van der Waals surface area contributed by atoms with E-state index in [1.807, 2.05) is 0 Å². The molecule has 0 amide bonds. The molecule has 0 radical (unpaired) electrons. The maximum atomic E-state index is 10.8. The molecule has 1 rings (SSSR count). The molecule has 5 heteroatoms. The highest BCUT2D eigenvalue weighted by Crippen LogP contribution is 2.22. The van der Waals surface area contributed by atoms with Gasteiger partial charge in [0.15, 0.2) is 5.69 Å². The third kappa shape index (κ3) is 3.81. The van der Waals surface area contributed by atoms with E-state index in [4.69, 9.17) is 5.11 Å². The smallest absolute Gasteiger partial charge is 0.357 e. The number of rotatable bonds is 6. The van der Waals surface area contributed by atoms with E-state index in [1.165, 1.54) is 11.3 Å². The Morgan fingerprint density at radius 2 is 2.19 bits per heavy atom. The van der Waals surface area contributed by atoms with Gasteiger partial charge in [0.1, 0.15) is 5.00 Å². The Bertz CT molecular complexity index is 350. The summed E-state index contributed by atoms with van der Waals surface area (Å²) >= 11 is 1.34. The predicted molar refractivity (Wildman–Crippen MR) is 66.2 cm³/mol. The van der Waals surface area contributed by atoms with Crippen molar-refractivity contribution in [2.45, 2.75) is 39.7 Å². The molecule has 16 heavy (non-hydrogen) atoms. The third-order valence-corrected chi connectivity index (χ3v) is 3.08. The molecule has 0 spiro atoms. The third-order valence-electron chi connectivity index (χ3n) is 2.32. The molecular formula is C11H18N2O2S. The van der Waals surface area contributed by atoms with Gasteiger partial charge in [-0.1, -0.05) is 13.8 Å². The van der Waals surface area contributed by atoms with Crippen LogP contribution in [0.25, 0.3) is 0 Å². The number of aromatic carboxylic acids is 1. The molecule has 2 N–H and O–H groups in total. The number of nitrogens with zero attached hydrogens (tertiary/aromatic N) is 1. The molecule has 1 aromatic heterocycles. The number of carboxylic acids is 1. The molecule has 1 aromatic rings. The van der Waals surface area contributed by atoms with Crippen molar-refractivity contribution in [3.63, 3.8) is 0 Å². The second-order valence-corrected chi connectivity index (χ2v) is 5.21. The number of thiazole rings is 1. The van der Waals surface area contributed by atoms with Crippen LogP contribution >= 0.6 is 11.3 Å². The topological polar surface area (TPSA) is 62.2 Å². The molecule has 1 heterocycles. The van der Waals surface area contributed by atoms with Gasteiger partial charge in [-0.15, -0.1) is 11.3 Å². The number of nitrogens with one attached hydrogen (secondary N) is 1. The molecule has 90 valence electrons. The molecule has 0 bridgehead atoms. The van der Waals surface area contributed by atoms with Crippen LogP contribution in [0.4, 0.5) is 5.00 Å². The SMILES string of the molecule is CC(C)CCC(C)Nc1scnc1C(=O)O. The van der Waals surface area contributed by atoms with Crippen molar-refractivity contribution in [1.29, 1.82) is 0 Å². The Kier molecular flexibility index (Phi) is 4.73. The highest BCUT2D eigenvalue weighted by Gasteiger charge is 2.15. The van der Waals surface area contributed by atoms with E-state index >= 15 is 0 Å². The van der Waals surface area contributed by atoms with Gasteiger partial charge in [0.05, 0.1) is 5.51 Å². The van der Waals surface area contributed by atoms with Crippen LogP contribution in [0.15, 0.2) is 5.51 Å². The molecule has 0 aliphatic rings. The quantitative estimate of drug-likeness (QED) is 0.804. The summed E-state index contributed by atoms with van der Waals surface area (Å²) in [7, 11) is 0. The van der Waals surface area contributed by atoms with Gasteiger partial charge in [0.2, 0.25) is 0 Å². The van der Waals surface area contributed by atoms with Crippen molar-refractivity contribution < 1.29 is 9.90 Å². The summed E-state index contributed by atoms with van der Waals surface area (Å²) in [6.45, 7) is 6.43. The largest absolute Gasteiger partial charge is 0.476 e. The van der Waals surface area contributed by atoms with Gasteiger partial charge in [-0.25, -0.2) is 9.78 Å². The normalized spacial score (nSPS) is 12.8. The molecule has 1 atom stereocenters. The van der Waals surface area contributed by atoms with Crippen LogP contribution in [-0.4, -0.2) is 22.1 Å². The molecular weight excluding hydrogens is 224 g/mol. The van der Waals surface area contributed by atoms with Crippen LogP contribution in [0.1, 0.15) is 44.1 Å². The van der Waals surface area contributed by atoms with E-state index in [1.54, 1.807) is 5.51 Å². The molecule has 0 aromatic carbocycles. The minimum absolute atomic E-state index is 0.126. The van der Waals surface area contributed by atoms with Crippen molar-refractivity contribution >= 4 is 22.3 Å².